The molecule has 0 radical (unpaired) electrons. The Labute approximate surface area is 101 Å². The second-order valence-corrected chi connectivity index (χ2v) is 4.78. The molecule has 0 aliphatic carbocycles. The average Bonchev–Trinajstić information content (AvgIpc) is 2.97. The standard InChI is InChI=1S/C10H10N4O2S/c15-9(16)7-5-12-10(17-7)14-4-3-13-2-1-11-8(13)6-14/h1-2,5H,3-4,6H2,(H,15,16). The Balaban J connectivity index is 1.84. The molecule has 17 heavy (non-hydrogen) atoms. The van der Waals surface area contributed by atoms with Crippen LogP contribution in [-0.4, -0.2) is 32.2 Å². The topological polar surface area (TPSA) is 71.2 Å². The lowest BCUT2D eigenvalue weighted by Gasteiger charge is -2.26. The van der Waals surface area contributed by atoms with E-state index in [2.05, 4.69) is 19.4 Å². The second-order valence-electron chi connectivity index (χ2n) is 3.77. The predicted octanol–water partition coefficient (Wildman–Crippen LogP) is 1.06. The fourth-order valence-electron chi connectivity index (χ4n) is 1.85. The Morgan fingerprint density at radius 2 is 2.29 bits per heavy atom. The lowest BCUT2D eigenvalue weighted by molar-refractivity contribution is 0.0702. The van der Waals surface area contributed by atoms with Crippen LogP contribution in [0.2, 0.25) is 0 Å². The maximum Gasteiger partial charge on any atom is 0.347 e. The molecular formula is C10H10N4O2S. The van der Waals surface area contributed by atoms with E-state index in [1.807, 2.05) is 6.20 Å². The number of thiazole rings is 1. The van der Waals surface area contributed by atoms with Gasteiger partial charge in [0.2, 0.25) is 0 Å². The van der Waals surface area contributed by atoms with Crippen molar-refractivity contribution >= 4 is 22.4 Å². The fraction of sp³-hybridized carbons (Fsp3) is 0.300. The van der Waals surface area contributed by atoms with Crippen LogP contribution >= 0.6 is 11.3 Å². The predicted molar refractivity (Wildman–Crippen MR) is 62.4 cm³/mol. The molecule has 1 N–H and O–H groups in total. The quantitative estimate of drug-likeness (QED) is 0.862. The molecule has 7 heteroatoms. The molecule has 6 nitrogen and oxygen atoms in total. The smallest absolute Gasteiger partial charge is 0.347 e. The number of rotatable bonds is 2. The van der Waals surface area contributed by atoms with Gasteiger partial charge in [0.1, 0.15) is 10.7 Å². The van der Waals surface area contributed by atoms with Gasteiger partial charge in [0.25, 0.3) is 0 Å². The van der Waals surface area contributed by atoms with Crippen molar-refractivity contribution in [2.24, 2.45) is 0 Å². The third-order valence-corrected chi connectivity index (χ3v) is 3.77. The minimum absolute atomic E-state index is 0.272. The van der Waals surface area contributed by atoms with Crippen molar-refractivity contribution in [3.8, 4) is 0 Å². The zero-order valence-electron chi connectivity index (χ0n) is 8.91. The highest BCUT2D eigenvalue weighted by Crippen LogP contribution is 2.25. The van der Waals surface area contributed by atoms with E-state index < -0.39 is 5.97 Å². The maximum atomic E-state index is 10.8. The summed E-state index contributed by atoms with van der Waals surface area (Å²) in [4.78, 5) is 21.5. The van der Waals surface area contributed by atoms with Crippen molar-refractivity contribution in [2.45, 2.75) is 13.1 Å². The number of fused-ring (bicyclic) bond motifs is 1. The van der Waals surface area contributed by atoms with Crippen molar-refractivity contribution < 1.29 is 9.90 Å². The highest BCUT2D eigenvalue weighted by Gasteiger charge is 2.20. The zero-order valence-corrected chi connectivity index (χ0v) is 9.72. The molecule has 0 spiro atoms. The largest absolute Gasteiger partial charge is 0.477 e. The summed E-state index contributed by atoms with van der Waals surface area (Å²) >= 11 is 1.20. The minimum atomic E-state index is -0.924. The third-order valence-electron chi connectivity index (χ3n) is 2.72. The number of hydrogen-bond acceptors (Lipinski definition) is 5. The number of aromatic carboxylic acids is 1. The van der Waals surface area contributed by atoms with Gasteiger partial charge in [-0.3, -0.25) is 0 Å². The molecule has 0 bridgehead atoms. The first kappa shape index (κ1) is 10.3. The summed E-state index contributed by atoms with van der Waals surface area (Å²) in [5.41, 5.74) is 0. The van der Waals surface area contributed by atoms with Crippen molar-refractivity contribution in [1.82, 2.24) is 14.5 Å². The van der Waals surface area contributed by atoms with Crippen LogP contribution in [0.5, 0.6) is 0 Å². The van der Waals surface area contributed by atoms with Crippen LogP contribution in [0, 0.1) is 0 Å². The van der Waals surface area contributed by atoms with Gasteiger partial charge in [0.15, 0.2) is 5.13 Å². The summed E-state index contributed by atoms with van der Waals surface area (Å²) in [6, 6.07) is 0. The van der Waals surface area contributed by atoms with Gasteiger partial charge in [-0.15, -0.1) is 0 Å². The molecule has 0 atom stereocenters. The van der Waals surface area contributed by atoms with Gasteiger partial charge in [-0.25, -0.2) is 14.8 Å². The van der Waals surface area contributed by atoms with Crippen molar-refractivity contribution in [1.29, 1.82) is 0 Å². The summed E-state index contributed by atoms with van der Waals surface area (Å²) in [5.74, 6) is 0.0654. The van der Waals surface area contributed by atoms with E-state index in [1.54, 1.807) is 6.20 Å². The molecule has 2 aromatic rings. The normalized spacial score (nSPS) is 14.7. The summed E-state index contributed by atoms with van der Waals surface area (Å²) in [7, 11) is 0. The molecular weight excluding hydrogens is 240 g/mol. The summed E-state index contributed by atoms with van der Waals surface area (Å²) in [6.07, 6.45) is 5.14. The Kier molecular flexibility index (Phi) is 2.32. The first-order chi connectivity index (χ1) is 8.24. The Hall–Kier alpha value is -1.89. The molecule has 0 fully saturated rings. The van der Waals surface area contributed by atoms with Crippen LogP contribution in [0.4, 0.5) is 5.13 Å². The summed E-state index contributed by atoms with van der Waals surface area (Å²) in [5, 5.41) is 9.60. The number of imidazole rings is 1. The van der Waals surface area contributed by atoms with Gasteiger partial charge in [0.05, 0.1) is 12.7 Å². The SMILES string of the molecule is O=C(O)c1cnc(N2CCn3ccnc3C2)s1. The van der Waals surface area contributed by atoms with Crippen LogP contribution in [-0.2, 0) is 13.1 Å². The highest BCUT2D eigenvalue weighted by atomic mass is 32.1. The van der Waals surface area contributed by atoms with E-state index in [9.17, 15) is 4.79 Å². The lowest BCUT2D eigenvalue weighted by atomic mass is 10.4. The Morgan fingerprint density at radius 1 is 1.41 bits per heavy atom. The van der Waals surface area contributed by atoms with Gasteiger partial charge < -0.3 is 14.6 Å². The van der Waals surface area contributed by atoms with Gasteiger partial charge in [-0.2, -0.15) is 0 Å². The molecule has 88 valence electrons. The van der Waals surface area contributed by atoms with E-state index in [1.165, 1.54) is 17.5 Å². The van der Waals surface area contributed by atoms with E-state index in [0.717, 1.165) is 24.0 Å². The van der Waals surface area contributed by atoms with Crippen LogP contribution in [0.1, 0.15) is 15.5 Å². The number of nitrogens with zero attached hydrogens (tertiary/aromatic N) is 4. The molecule has 1 aliphatic rings. The van der Waals surface area contributed by atoms with Crippen molar-refractivity contribution in [3.05, 3.63) is 29.3 Å². The fourth-order valence-corrected chi connectivity index (χ4v) is 2.63. The second kappa shape index (κ2) is 3.85. The van der Waals surface area contributed by atoms with Gasteiger partial charge in [0, 0.05) is 25.5 Å². The number of carbonyl (C=O) groups is 1. The van der Waals surface area contributed by atoms with Gasteiger partial charge in [-0.05, 0) is 0 Å². The Morgan fingerprint density at radius 3 is 3.06 bits per heavy atom. The number of hydrogen-bond donors (Lipinski definition) is 1. The van der Waals surface area contributed by atoms with Crippen LogP contribution in [0.3, 0.4) is 0 Å². The van der Waals surface area contributed by atoms with Crippen LogP contribution in [0.25, 0.3) is 0 Å². The molecule has 1 aliphatic heterocycles. The number of anilines is 1. The highest BCUT2D eigenvalue weighted by molar-refractivity contribution is 7.17. The molecule has 0 saturated heterocycles. The lowest BCUT2D eigenvalue weighted by Crippen LogP contribution is -2.33. The summed E-state index contributed by atoms with van der Waals surface area (Å²) in [6.45, 7) is 2.37. The molecule has 0 aromatic carbocycles. The molecule has 3 heterocycles. The average molecular weight is 250 g/mol. The Bertz CT molecular complexity index is 562. The van der Waals surface area contributed by atoms with Crippen LogP contribution < -0.4 is 4.90 Å². The molecule has 0 unspecified atom stereocenters. The molecule has 0 amide bonds. The number of aromatic nitrogens is 3. The van der Waals surface area contributed by atoms with E-state index in [-0.39, 0.29) is 4.88 Å². The molecule has 3 rings (SSSR count). The van der Waals surface area contributed by atoms with Gasteiger partial charge >= 0.3 is 5.97 Å². The van der Waals surface area contributed by atoms with E-state index in [4.69, 9.17) is 5.11 Å². The third kappa shape index (κ3) is 1.78. The summed E-state index contributed by atoms with van der Waals surface area (Å²) < 4.78 is 2.10. The van der Waals surface area contributed by atoms with Crippen LogP contribution in [0.15, 0.2) is 18.6 Å². The van der Waals surface area contributed by atoms with E-state index >= 15 is 0 Å². The van der Waals surface area contributed by atoms with Crippen molar-refractivity contribution in [3.63, 3.8) is 0 Å². The number of carboxylic acid groups (broad SMARTS) is 1. The minimum Gasteiger partial charge on any atom is -0.477 e. The first-order valence-corrected chi connectivity index (χ1v) is 6.00. The van der Waals surface area contributed by atoms with E-state index in [0.29, 0.717) is 6.54 Å². The number of carboxylic acids is 1. The monoisotopic (exact) mass is 250 g/mol. The first-order valence-electron chi connectivity index (χ1n) is 5.18. The maximum absolute atomic E-state index is 10.8. The molecule has 2 aromatic heterocycles. The molecule has 0 saturated carbocycles. The van der Waals surface area contributed by atoms with Crippen molar-refractivity contribution in [2.75, 3.05) is 11.4 Å². The van der Waals surface area contributed by atoms with Gasteiger partial charge in [-0.1, -0.05) is 11.3 Å². The zero-order chi connectivity index (χ0) is 11.8.